The zero-order valence-electron chi connectivity index (χ0n) is 16.7. The van der Waals surface area contributed by atoms with E-state index >= 15 is 0 Å². The second kappa shape index (κ2) is 10.0. The Bertz CT molecular complexity index is 891. The largest absolute Gasteiger partial charge is 0.366 e. The molecule has 1 fully saturated rings. The fourth-order valence-corrected chi connectivity index (χ4v) is 3.47. The van der Waals surface area contributed by atoms with Crippen LogP contribution in [-0.4, -0.2) is 55.2 Å². The van der Waals surface area contributed by atoms with Gasteiger partial charge in [-0.1, -0.05) is 6.07 Å². The molecule has 6 nitrogen and oxygen atoms in total. The van der Waals surface area contributed by atoms with Crippen LogP contribution in [0.2, 0.25) is 0 Å². The molecule has 0 bridgehead atoms. The number of nitrogens with zero attached hydrogens (tertiary/aromatic N) is 4. The normalized spacial score (nSPS) is 14.9. The van der Waals surface area contributed by atoms with Gasteiger partial charge in [0.25, 0.3) is 0 Å². The lowest BCUT2D eigenvalue weighted by Gasteiger charge is -2.37. The Morgan fingerprint density at radius 2 is 1.90 bits per heavy atom. The highest BCUT2D eigenvalue weighted by Gasteiger charge is 2.21. The molecule has 0 atom stereocenters. The molecule has 2 heterocycles. The first kappa shape index (κ1) is 20.8. The molecule has 1 saturated heterocycles. The molecule has 2 aromatic rings. The number of halogens is 2. The lowest BCUT2D eigenvalue weighted by Crippen LogP contribution is -2.52. The van der Waals surface area contributed by atoms with Gasteiger partial charge in [-0.05, 0) is 31.0 Å². The summed E-state index contributed by atoms with van der Waals surface area (Å²) in [4.78, 5) is 20.0. The second-order valence-electron chi connectivity index (χ2n) is 6.98. The van der Waals surface area contributed by atoms with Gasteiger partial charge in [0.15, 0.2) is 5.96 Å². The van der Waals surface area contributed by atoms with E-state index in [9.17, 15) is 13.6 Å². The molecule has 0 unspecified atom stereocenters. The lowest BCUT2D eigenvalue weighted by molar-refractivity contribution is 0.370. The molecule has 0 spiro atoms. The van der Waals surface area contributed by atoms with Gasteiger partial charge in [-0.15, -0.1) is 0 Å². The summed E-state index contributed by atoms with van der Waals surface area (Å²) in [5, 5.41) is 3.35. The molecule has 1 aromatic carbocycles. The third-order valence-corrected chi connectivity index (χ3v) is 5.05. The van der Waals surface area contributed by atoms with Gasteiger partial charge in [-0.25, -0.2) is 8.78 Å². The molecule has 1 aliphatic rings. The number of nitrogens with one attached hydrogen (secondary N) is 1. The predicted octanol–water partition coefficient (Wildman–Crippen LogP) is 2.30. The summed E-state index contributed by atoms with van der Waals surface area (Å²) in [5.74, 6) is -0.0276. The van der Waals surface area contributed by atoms with E-state index in [1.54, 1.807) is 29.9 Å². The summed E-state index contributed by atoms with van der Waals surface area (Å²) in [6, 6.07) is 8.71. The Morgan fingerprint density at radius 3 is 2.62 bits per heavy atom. The molecule has 29 heavy (non-hydrogen) atoms. The van der Waals surface area contributed by atoms with Crippen molar-refractivity contribution in [2.75, 3.05) is 44.7 Å². The smallest absolute Gasteiger partial charge is 0.250 e. The maximum absolute atomic E-state index is 14.0. The number of guanidine groups is 1. The van der Waals surface area contributed by atoms with Crippen molar-refractivity contribution in [3.05, 3.63) is 64.6 Å². The minimum absolute atomic E-state index is 0.0175. The molecule has 0 aliphatic carbocycles. The van der Waals surface area contributed by atoms with Crippen LogP contribution < -0.4 is 15.8 Å². The van der Waals surface area contributed by atoms with Crippen molar-refractivity contribution < 1.29 is 8.78 Å². The monoisotopic (exact) mass is 403 g/mol. The van der Waals surface area contributed by atoms with E-state index in [1.165, 1.54) is 12.1 Å². The summed E-state index contributed by atoms with van der Waals surface area (Å²) in [5.41, 5.74) is 0.327. The number of piperazine rings is 1. The third-order valence-electron chi connectivity index (χ3n) is 5.05. The molecule has 1 aliphatic heterocycles. The number of unbranched alkanes of at least 4 members (excludes halogenated alkanes) is 1. The zero-order chi connectivity index (χ0) is 20.6. The van der Waals surface area contributed by atoms with Crippen LogP contribution in [0.25, 0.3) is 0 Å². The number of aryl methyl sites for hydroxylation is 1. The molecular weight excluding hydrogens is 376 g/mol. The number of aromatic nitrogens is 1. The standard InChI is InChI=1S/C21H27F2N5O/c1-24-21(25-9-3-5-11-27-10-4-2-6-20(27)29)28-14-12-26(13-15-28)19-16-17(22)7-8-18(19)23/h2,4,6-8,10,16H,3,5,9,11-15H2,1H3,(H,24,25). The van der Waals surface area contributed by atoms with Crippen LogP contribution in [0, 0.1) is 11.6 Å². The Balaban J connectivity index is 1.43. The van der Waals surface area contributed by atoms with Gasteiger partial charge in [0, 0.05) is 64.6 Å². The highest BCUT2D eigenvalue weighted by atomic mass is 19.1. The summed E-state index contributed by atoms with van der Waals surface area (Å²) < 4.78 is 29.1. The Morgan fingerprint density at radius 1 is 1.10 bits per heavy atom. The SMILES string of the molecule is CN=C(NCCCCn1ccccc1=O)N1CCN(c2cc(F)ccc2F)CC1. The van der Waals surface area contributed by atoms with E-state index in [0.29, 0.717) is 38.4 Å². The molecule has 0 radical (unpaired) electrons. The van der Waals surface area contributed by atoms with Gasteiger partial charge in [0.1, 0.15) is 11.6 Å². The van der Waals surface area contributed by atoms with E-state index < -0.39 is 11.6 Å². The van der Waals surface area contributed by atoms with Crippen LogP contribution >= 0.6 is 0 Å². The first-order chi connectivity index (χ1) is 14.1. The lowest BCUT2D eigenvalue weighted by atomic mass is 10.2. The van der Waals surface area contributed by atoms with Crippen molar-refractivity contribution in [2.45, 2.75) is 19.4 Å². The fraction of sp³-hybridized carbons (Fsp3) is 0.429. The van der Waals surface area contributed by atoms with Gasteiger partial charge in [0.05, 0.1) is 5.69 Å². The number of pyridine rings is 1. The number of hydrogen-bond donors (Lipinski definition) is 1. The average Bonchev–Trinajstić information content (AvgIpc) is 2.74. The maximum atomic E-state index is 14.0. The van der Waals surface area contributed by atoms with Crippen LogP contribution in [0.5, 0.6) is 0 Å². The van der Waals surface area contributed by atoms with Crippen molar-refractivity contribution >= 4 is 11.6 Å². The Labute approximate surface area is 169 Å². The highest BCUT2D eigenvalue weighted by Crippen LogP contribution is 2.21. The van der Waals surface area contributed by atoms with E-state index in [2.05, 4.69) is 15.2 Å². The van der Waals surface area contributed by atoms with Crippen LogP contribution in [0.3, 0.4) is 0 Å². The van der Waals surface area contributed by atoms with E-state index in [0.717, 1.165) is 31.4 Å². The molecular formula is C21H27F2N5O. The molecule has 156 valence electrons. The first-order valence-corrected chi connectivity index (χ1v) is 9.89. The van der Waals surface area contributed by atoms with Gasteiger partial charge >= 0.3 is 0 Å². The van der Waals surface area contributed by atoms with Crippen LogP contribution in [0.4, 0.5) is 14.5 Å². The van der Waals surface area contributed by atoms with Crippen molar-refractivity contribution in [1.82, 2.24) is 14.8 Å². The maximum Gasteiger partial charge on any atom is 0.250 e. The van der Waals surface area contributed by atoms with Gasteiger partial charge in [-0.2, -0.15) is 0 Å². The minimum atomic E-state index is -0.431. The van der Waals surface area contributed by atoms with Crippen molar-refractivity contribution in [3.8, 4) is 0 Å². The quantitative estimate of drug-likeness (QED) is 0.457. The highest BCUT2D eigenvalue weighted by molar-refractivity contribution is 5.80. The van der Waals surface area contributed by atoms with E-state index in [1.807, 2.05) is 11.0 Å². The number of anilines is 1. The molecule has 0 saturated carbocycles. The van der Waals surface area contributed by atoms with Gasteiger partial charge < -0.3 is 19.7 Å². The third kappa shape index (κ3) is 5.56. The number of rotatable bonds is 6. The zero-order valence-corrected chi connectivity index (χ0v) is 16.7. The number of aliphatic imine (C=N–C) groups is 1. The predicted molar refractivity (Wildman–Crippen MR) is 111 cm³/mol. The molecule has 1 N–H and O–H groups in total. The minimum Gasteiger partial charge on any atom is -0.366 e. The number of benzene rings is 1. The van der Waals surface area contributed by atoms with E-state index in [-0.39, 0.29) is 5.56 Å². The topological polar surface area (TPSA) is 52.9 Å². The van der Waals surface area contributed by atoms with Crippen molar-refractivity contribution in [3.63, 3.8) is 0 Å². The van der Waals surface area contributed by atoms with Crippen LogP contribution in [0.15, 0.2) is 52.4 Å². The van der Waals surface area contributed by atoms with E-state index in [4.69, 9.17) is 0 Å². The summed E-state index contributed by atoms with van der Waals surface area (Å²) >= 11 is 0. The molecule has 0 amide bonds. The molecule has 8 heteroatoms. The molecule has 1 aromatic heterocycles. The van der Waals surface area contributed by atoms with Crippen molar-refractivity contribution in [1.29, 1.82) is 0 Å². The summed E-state index contributed by atoms with van der Waals surface area (Å²) in [6.45, 7) is 3.99. The number of hydrogen-bond acceptors (Lipinski definition) is 3. The molecule has 3 rings (SSSR count). The second-order valence-corrected chi connectivity index (χ2v) is 6.98. The first-order valence-electron chi connectivity index (χ1n) is 9.89. The Hall–Kier alpha value is -2.90. The van der Waals surface area contributed by atoms with Crippen molar-refractivity contribution in [2.24, 2.45) is 4.99 Å². The summed E-state index contributed by atoms with van der Waals surface area (Å²) in [7, 11) is 1.74. The van der Waals surface area contributed by atoms with Crippen LogP contribution in [0.1, 0.15) is 12.8 Å². The van der Waals surface area contributed by atoms with Gasteiger partial charge in [0.2, 0.25) is 5.56 Å². The Kier molecular flexibility index (Phi) is 7.21. The van der Waals surface area contributed by atoms with Gasteiger partial charge in [-0.3, -0.25) is 9.79 Å². The fourth-order valence-electron chi connectivity index (χ4n) is 3.47. The summed E-state index contributed by atoms with van der Waals surface area (Å²) in [6.07, 6.45) is 3.60. The average molecular weight is 403 g/mol. The van der Waals surface area contributed by atoms with Crippen LogP contribution in [-0.2, 0) is 6.54 Å².